The number of nitrogens with one attached hydrogen (secondary N) is 1. The van der Waals surface area contributed by atoms with Crippen molar-refractivity contribution in [3.63, 3.8) is 0 Å². The van der Waals surface area contributed by atoms with Gasteiger partial charge in [-0.2, -0.15) is 11.8 Å². The van der Waals surface area contributed by atoms with Gasteiger partial charge in [-0.25, -0.2) is 14.2 Å². The Bertz CT molecular complexity index is 490. The van der Waals surface area contributed by atoms with Crippen LogP contribution in [0.2, 0.25) is 0 Å². The number of nitrogens with two attached hydrogens (primary N) is 1. The largest absolute Gasteiger partial charge is 0.432 e. The molecule has 0 unspecified atom stereocenters. The quantitative estimate of drug-likeness (QED) is 0.251. The summed E-state index contributed by atoms with van der Waals surface area (Å²) in [5.41, 5.74) is 6.38. The lowest BCUT2D eigenvalue weighted by molar-refractivity contribution is 0.319. The number of hydrogen-bond acceptors (Lipinski definition) is 4. The van der Waals surface area contributed by atoms with E-state index < -0.39 is 7.75 Å². The van der Waals surface area contributed by atoms with Gasteiger partial charge in [-0.15, -0.1) is 0 Å². The second-order valence-corrected chi connectivity index (χ2v) is 6.81. The van der Waals surface area contributed by atoms with Gasteiger partial charge in [0.05, 0.1) is 12.0 Å². The van der Waals surface area contributed by atoms with Crippen molar-refractivity contribution in [2.45, 2.75) is 5.75 Å². The van der Waals surface area contributed by atoms with E-state index in [0.717, 1.165) is 15.0 Å². The van der Waals surface area contributed by atoms with Crippen LogP contribution in [0.1, 0.15) is 5.69 Å². The number of aromatic amines is 1. The van der Waals surface area contributed by atoms with E-state index in [4.69, 9.17) is 15.5 Å². The Balaban J connectivity index is 2.46. The molecule has 1 rings (SSSR count). The van der Waals surface area contributed by atoms with E-state index in [1.165, 1.54) is 18.8 Å². The van der Waals surface area contributed by atoms with Crippen LogP contribution in [0.15, 0.2) is 15.9 Å². The number of halogens is 1. The van der Waals surface area contributed by atoms with Gasteiger partial charge in [-0.1, -0.05) is 0 Å². The Morgan fingerprint density at radius 1 is 1.74 bits per heavy atom. The highest BCUT2D eigenvalue weighted by Gasteiger charge is 2.26. The predicted octanol–water partition coefficient (Wildman–Crippen LogP) is 0.745. The van der Waals surface area contributed by atoms with E-state index in [1.807, 2.05) is 0 Å². The molecule has 0 aromatic carbocycles. The molecule has 19 heavy (non-hydrogen) atoms. The minimum absolute atomic E-state index is 0.115. The van der Waals surface area contributed by atoms with Gasteiger partial charge in [0.25, 0.3) is 0 Å². The monoisotopic (exact) mass is 371 g/mol. The van der Waals surface area contributed by atoms with Crippen LogP contribution >= 0.6 is 35.4 Å². The Morgan fingerprint density at radius 2 is 2.42 bits per heavy atom. The summed E-state index contributed by atoms with van der Waals surface area (Å²) in [5.74, 6) is 0.975. The molecule has 1 aromatic rings. The molecule has 0 spiro atoms. The summed E-state index contributed by atoms with van der Waals surface area (Å²) in [6.45, 7) is 0.115. The highest BCUT2D eigenvalue weighted by Crippen LogP contribution is 2.39. The average molecular weight is 372 g/mol. The summed E-state index contributed by atoms with van der Waals surface area (Å²) in [6, 6.07) is 0. The van der Waals surface area contributed by atoms with Crippen LogP contribution in [-0.2, 0) is 10.3 Å². The van der Waals surface area contributed by atoms with Gasteiger partial charge in [-0.05, 0) is 15.9 Å². The van der Waals surface area contributed by atoms with Crippen molar-refractivity contribution in [1.29, 1.82) is 0 Å². The molecule has 11 heteroatoms. The standard InChI is InChI=1S/C8H15BrN5O3PS/c1-11-8(10)14(18(15,16)17)2-3-19-4-6-7(9)13-5-12-6/h5H,2-4H2,1H3,(H2,10,11)(H,12,13)(H2,15,16,17). The van der Waals surface area contributed by atoms with E-state index in [2.05, 4.69) is 30.9 Å². The fraction of sp³-hybridized carbons (Fsp3) is 0.500. The van der Waals surface area contributed by atoms with Crippen molar-refractivity contribution in [1.82, 2.24) is 14.6 Å². The van der Waals surface area contributed by atoms with Gasteiger partial charge >= 0.3 is 7.75 Å². The molecule has 0 atom stereocenters. The third kappa shape index (κ3) is 5.15. The normalized spacial score (nSPS) is 12.7. The van der Waals surface area contributed by atoms with Crippen LogP contribution in [0, 0.1) is 0 Å². The number of rotatable bonds is 6. The van der Waals surface area contributed by atoms with Gasteiger partial charge in [0.1, 0.15) is 4.60 Å². The second-order valence-electron chi connectivity index (χ2n) is 3.44. The maximum absolute atomic E-state index is 11.2. The first-order valence-corrected chi connectivity index (χ1v) is 8.69. The highest BCUT2D eigenvalue weighted by atomic mass is 79.9. The lowest BCUT2D eigenvalue weighted by Crippen LogP contribution is -2.36. The summed E-state index contributed by atoms with van der Waals surface area (Å²) in [5, 5.41) is 0. The molecule has 108 valence electrons. The Hall–Kier alpha value is -0.540. The minimum Gasteiger partial charge on any atom is -0.369 e. The number of hydrogen-bond donors (Lipinski definition) is 4. The molecule has 0 radical (unpaired) electrons. The Morgan fingerprint density at radius 3 is 2.89 bits per heavy atom. The van der Waals surface area contributed by atoms with Crippen molar-refractivity contribution >= 4 is 41.4 Å². The Kier molecular flexibility index (Phi) is 6.34. The molecule has 1 aromatic heterocycles. The molecular weight excluding hydrogens is 357 g/mol. The molecule has 0 amide bonds. The Labute approximate surface area is 123 Å². The smallest absolute Gasteiger partial charge is 0.369 e. The summed E-state index contributed by atoms with van der Waals surface area (Å²) >= 11 is 4.78. The molecule has 0 fully saturated rings. The topological polar surface area (TPSA) is 128 Å². The zero-order valence-electron chi connectivity index (χ0n) is 10.2. The molecule has 1 heterocycles. The third-order valence-corrected chi connectivity index (χ3v) is 4.85. The lowest BCUT2D eigenvalue weighted by Gasteiger charge is -2.23. The first kappa shape index (κ1) is 16.5. The number of guanidine groups is 1. The van der Waals surface area contributed by atoms with E-state index in [-0.39, 0.29) is 12.5 Å². The van der Waals surface area contributed by atoms with Crippen LogP contribution in [0.25, 0.3) is 0 Å². The van der Waals surface area contributed by atoms with Gasteiger partial charge in [0, 0.05) is 25.1 Å². The highest BCUT2D eigenvalue weighted by molar-refractivity contribution is 9.10. The van der Waals surface area contributed by atoms with Gasteiger partial charge in [0.15, 0.2) is 5.96 Å². The second kappa shape index (κ2) is 7.30. The molecule has 8 nitrogen and oxygen atoms in total. The van der Waals surface area contributed by atoms with Crippen LogP contribution < -0.4 is 5.73 Å². The minimum atomic E-state index is -4.42. The van der Waals surface area contributed by atoms with E-state index in [1.54, 1.807) is 6.33 Å². The fourth-order valence-corrected chi connectivity index (χ4v) is 3.50. The molecule has 0 aliphatic rings. The molecule has 0 saturated carbocycles. The van der Waals surface area contributed by atoms with E-state index in [0.29, 0.717) is 11.5 Å². The predicted molar refractivity (Wildman–Crippen MR) is 78.7 cm³/mol. The summed E-state index contributed by atoms with van der Waals surface area (Å²) < 4.78 is 12.8. The number of imidazole rings is 1. The van der Waals surface area contributed by atoms with Crippen molar-refractivity contribution in [3.8, 4) is 0 Å². The molecular formula is C8H15BrN5O3PS. The zero-order chi connectivity index (χ0) is 14.5. The summed E-state index contributed by atoms with van der Waals surface area (Å²) in [4.78, 5) is 28.8. The van der Waals surface area contributed by atoms with Crippen molar-refractivity contribution < 1.29 is 14.4 Å². The van der Waals surface area contributed by atoms with Gasteiger partial charge in [0.2, 0.25) is 0 Å². The first-order chi connectivity index (χ1) is 8.86. The fourth-order valence-electron chi connectivity index (χ4n) is 1.22. The molecule has 5 N–H and O–H groups in total. The lowest BCUT2D eigenvalue weighted by atomic mass is 10.6. The van der Waals surface area contributed by atoms with Crippen LogP contribution in [-0.4, -0.2) is 49.7 Å². The van der Waals surface area contributed by atoms with Crippen LogP contribution in [0.3, 0.4) is 0 Å². The van der Waals surface area contributed by atoms with E-state index >= 15 is 0 Å². The molecule has 0 aliphatic carbocycles. The third-order valence-electron chi connectivity index (χ3n) is 2.17. The number of H-pyrrole nitrogens is 1. The van der Waals surface area contributed by atoms with E-state index in [9.17, 15) is 4.57 Å². The summed E-state index contributed by atoms with van der Waals surface area (Å²) in [7, 11) is -3.04. The number of thioether (sulfide) groups is 1. The first-order valence-electron chi connectivity index (χ1n) is 5.17. The SMILES string of the molecule is CN=C(N)N(CCSCc1[nH]cnc1Br)P(=O)(O)O. The molecule has 0 bridgehead atoms. The molecule has 0 aliphatic heterocycles. The zero-order valence-corrected chi connectivity index (χ0v) is 13.5. The van der Waals surface area contributed by atoms with Crippen molar-refractivity contribution in [2.75, 3.05) is 19.3 Å². The number of nitrogens with zero attached hydrogens (tertiary/aromatic N) is 3. The maximum Gasteiger partial charge on any atom is 0.432 e. The maximum atomic E-state index is 11.2. The van der Waals surface area contributed by atoms with Crippen LogP contribution in [0.5, 0.6) is 0 Å². The average Bonchev–Trinajstić information content (AvgIpc) is 2.72. The van der Waals surface area contributed by atoms with Crippen molar-refractivity contribution in [3.05, 3.63) is 16.6 Å². The van der Waals surface area contributed by atoms with Gasteiger partial charge < -0.3 is 20.5 Å². The van der Waals surface area contributed by atoms with Crippen molar-refractivity contribution in [2.24, 2.45) is 10.7 Å². The van der Waals surface area contributed by atoms with Crippen LogP contribution in [0.4, 0.5) is 0 Å². The van der Waals surface area contributed by atoms with Gasteiger partial charge in [-0.3, -0.25) is 4.99 Å². The summed E-state index contributed by atoms with van der Waals surface area (Å²) in [6.07, 6.45) is 1.57. The number of aliphatic imine (C=N–C) groups is 1. The number of aromatic nitrogens is 2. The molecule has 0 saturated heterocycles.